The van der Waals surface area contributed by atoms with Gasteiger partial charge in [0.1, 0.15) is 0 Å². The van der Waals surface area contributed by atoms with Crippen LogP contribution in [0.15, 0.2) is 24.3 Å². The van der Waals surface area contributed by atoms with E-state index in [9.17, 15) is 9.59 Å². The molecular weight excluding hydrogens is 192 g/mol. The summed E-state index contributed by atoms with van der Waals surface area (Å²) in [6, 6.07) is 7.12. The van der Waals surface area contributed by atoms with Crippen molar-refractivity contribution in [2.75, 3.05) is 11.4 Å². The summed E-state index contributed by atoms with van der Waals surface area (Å²) in [7, 11) is 0. The number of benzene rings is 1. The summed E-state index contributed by atoms with van der Waals surface area (Å²) < 4.78 is 0. The van der Waals surface area contributed by atoms with Gasteiger partial charge in [-0.1, -0.05) is 19.1 Å². The van der Waals surface area contributed by atoms with Crippen LogP contribution in [0, 0.1) is 0 Å². The van der Waals surface area contributed by atoms with Crippen molar-refractivity contribution in [2.24, 2.45) is 0 Å². The standard InChI is InChI=1S/C11H12N2O2/c1-2-8-4-3-5-9(6-8)13-10(14)7-12-11(13)15/h3-6H,2,7H2,1H3,(H,12,15). The van der Waals surface area contributed by atoms with Crippen molar-refractivity contribution in [1.29, 1.82) is 0 Å². The summed E-state index contributed by atoms with van der Waals surface area (Å²) >= 11 is 0. The van der Waals surface area contributed by atoms with Gasteiger partial charge in [0.2, 0.25) is 0 Å². The lowest BCUT2D eigenvalue weighted by atomic mass is 10.1. The number of nitrogens with zero attached hydrogens (tertiary/aromatic N) is 1. The van der Waals surface area contributed by atoms with Crippen LogP contribution in [0.3, 0.4) is 0 Å². The zero-order valence-electron chi connectivity index (χ0n) is 8.49. The molecule has 1 saturated heterocycles. The molecule has 1 aromatic carbocycles. The fourth-order valence-corrected chi connectivity index (χ4v) is 1.60. The lowest BCUT2D eigenvalue weighted by Gasteiger charge is -2.12. The van der Waals surface area contributed by atoms with Crippen LogP contribution in [0.4, 0.5) is 10.5 Å². The van der Waals surface area contributed by atoms with Gasteiger partial charge in [0.15, 0.2) is 0 Å². The number of hydrogen-bond donors (Lipinski definition) is 1. The highest BCUT2D eigenvalue weighted by Crippen LogP contribution is 2.18. The van der Waals surface area contributed by atoms with E-state index in [0.29, 0.717) is 5.69 Å². The van der Waals surface area contributed by atoms with Crippen LogP contribution >= 0.6 is 0 Å². The quantitative estimate of drug-likeness (QED) is 0.738. The Balaban J connectivity index is 2.36. The van der Waals surface area contributed by atoms with E-state index in [1.54, 1.807) is 6.07 Å². The van der Waals surface area contributed by atoms with E-state index in [1.807, 2.05) is 25.1 Å². The van der Waals surface area contributed by atoms with Gasteiger partial charge in [-0.2, -0.15) is 0 Å². The van der Waals surface area contributed by atoms with Gasteiger partial charge < -0.3 is 5.32 Å². The van der Waals surface area contributed by atoms with Gasteiger partial charge >= 0.3 is 6.03 Å². The maximum Gasteiger partial charge on any atom is 0.329 e. The van der Waals surface area contributed by atoms with E-state index in [1.165, 1.54) is 4.90 Å². The topological polar surface area (TPSA) is 49.4 Å². The van der Waals surface area contributed by atoms with Gasteiger partial charge in [-0.15, -0.1) is 0 Å². The molecule has 1 aromatic rings. The van der Waals surface area contributed by atoms with Crippen LogP contribution in [0.1, 0.15) is 12.5 Å². The number of imide groups is 1. The highest BCUT2D eigenvalue weighted by Gasteiger charge is 2.29. The third-order valence-corrected chi connectivity index (χ3v) is 2.42. The second kappa shape index (κ2) is 3.73. The van der Waals surface area contributed by atoms with Gasteiger partial charge in [0.25, 0.3) is 5.91 Å². The number of urea groups is 1. The number of rotatable bonds is 2. The van der Waals surface area contributed by atoms with Crippen molar-refractivity contribution in [1.82, 2.24) is 5.32 Å². The Kier molecular flexibility index (Phi) is 2.41. The molecule has 0 atom stereocenters. The van der Waals surface area contributed by atoms with Gasteiger partial charge in [0, 0.05) is 0 Å². The summed E-state index contributed by atoms with van der Waals surface area (Å²) in [4.78, 5) is 24.0. The molecule has 3 amide bonds. The minimum Gasteiger partial charge on any atom is -0.328 e. The van der Waals surface area contributed by atoms with E-state index in [4.69, 9.17) is 0 Å². The summed E-state index contributed by atoms with van der Waals surface area (Å²) in [6.07, 6.45) is 0.886. The SMILES string of the molecule is CCc1cccc(N2C(=O)CNC2=O)c1. The maximum atomic E-state index is 11.4. The molecular formula is C11H12N2O2. The van der Waals surface area contributed by atoms with Crippen LogP contribution in [0.25, 0.3) is 0 Å². The molecule has 1 aliphatic heterocycles. The highest BCUT2D eigenvalue weighted by atomic mass is 16.2. The molecule has 0 aromatic heterocycles. The number of nitrogens with one attached hydrogen (secondary N) is 1. The monoisotopic (exact) mass is 204 g/mol. The lowest BCUT2D eigenvalue weighted by molar-refractivity contribution is -0.115. The molecule has 0 saturated carbocycles. The van der Waals surface area contributed by atoms with Crippen LogP contribution in [-0.2, 0) is 11.2 Å². The van der Waals surface area contributed by atoms with E-state index < -0.39 is 0 Å². The Labute approximate surface area is 87.9 Å². The smallest absolute Gasteiger partial charge is 0.328 e. The summed E-state index contributed by atoms with van der Waals surface area (Å²) in [6.45, 7) is 2.13. The van der Waals surface area contributed by atoms with Crippen molar-refractivity contribution >= 4 is 17.6 Å². The number of anilines is 1. The molecule has 15 heavy (non-hydrogen) atoms. The normalized spacial score (nSPS) is 15.7. The third kappa shape index (κ3) is 1.70. The van der Waals surface area contributed by atoms with Gasteiger partial charge in [0.05, 0.1) is 12.2 Å². The number of carbonyl (C=O) groups is 2. The second-order valence-corrected chi connectivity index (χ2v) is 3.41. The Morgan fingerprint density at radius 1 is 1.40 bits per heavy atom. The molecule has 0 aliphatic carbocycles. The first kappa shape index (κ1) is 9.71. The second-order valence-electron chi connectivity index (χ2n) is 3.41. The predicted molar refractivity (Wildman–Crippen MR) is 56.7 cm³/mol. The lowest BCUT2D eigenvalue weighted by Crippen LogP contribution is -2.30. The fraction of sp³-hybridized carbons (Fsp3) is 0.273. The van der Waals surface area contributed by atoms with Crippen LogP contribution < -0.4 is 10.2 Å². The number of carbonyl (C=O) groups excluding carboxylic acids is 2. The van der Waals surface area contributed by atoms with Gasteiger partial charge in [-0.3, -0.25) is 4.79 Å². The maximum absolute atomic E-state index is 11.4. The molecule has 1 heterocycles. The Bertz CT molecular complexity index is 399. The molecule has 0 radical (unpaired) electrons. The van der Waals surface area contributed by atoms with Gasteiger partial charge in [-0.25, -0.2) is 9.69 Å². The van der Waals surface area contributed by atoms with E-state index in [2.05, 4.69) is 5.32 Å². The summed E-state index contributed by atoms with van der Waals surface area (Å²) in [5.41, 5.74) is 1.76. The average molecular weight is 204 g/mol. The molecule has 2 rings (SSSR count). The minimum absolute atomic E-state index is 0.0924. The molecule has 1 aliphatic rings. The Hall–Kier alpha value is -1.84. The van der Waals surface area contributed by atoms with Crippen molar-refractivity contribution in [3.05, 3.63) is 29.8 Å². The zero-order valence-corrected chi connectivity index (χ0v) is 8.49. The molecule has 1 N–H and O–H groups in total. The number of aryl methyl sites for hydroxylation is 1. The molecule has 4 heteroatoms. The first-order valence-electron chi connectivity index (χ1n) is 4.92. The van der Waals surface area contributed by atoms with Crippen molar-refractivity contribution in [2.45, 2.75) is 13.3 Å². The number of amides is 3. The van der Waals surface area contributed by atoms with Crippen molar-refractivity contribution < 1.29 is 9.59 Å². The van der Waals surface area contributed by atoms with Crippen LogP contribution in [0.5, 0.6) is 0 Å². The Morgan fingerprint density at radius 3 is 2.80 bits per heavy atom. The largest absolute Gasteiger partial charge is 0.329 e. The molecule has 4 nitrogen and oxygen atoms in total. The third-order valence-electron chi connectivity index (χ3n) is 2.42. The van der Waals surface area contributed by atoms with Crippen LogP contribution in [0.2, 0.25) is 0 Å². The van der Waals surface area contributed by atoms with Gasteiger partial charge in [-0.05, 0) is 24.1 Å². The molecule has 0 bridgehead atoms. The van der Waals surface area contributed by atoms with E-state index in [-0.39, 0.29) is 18.5 Å². The first-order chi connectivity index (χ1) is 7.22. The van der Waals surface area contributed by atoms with Crippen LogP contribution in [-0.4, -0.2) is 18.5 Å². The van der Waals surface area contributed by atoms with Crippen molar-refractivity contribution in [3.63, 3.8) is 0 Å². The molecule has 0 unspecified atom stereocenters. The molecule has 78 valence electrons. The first-order valence-corrected chi connectivity index (χ1v) is 4.92. The highest BCUT2D eigenvalue weighted by molar-refractivity contribution is 6.19. The zero-order chi connectivity index (χ0) is 10.8. The minimum atomic E-state index is -0.340. The summed E-state index contributed by atoms with van der Waals surface area (Å²) in [5, 5.41) is 2.49. The Morgan fingerprint density at radius 2 is 2.20 bits per heavy atom. The van der Waals surface area contributed by atoms with E-state index >= 15 is 0 Å². The molecule has 0 spiro atoms. The summed E-state index contributed by atoms with van der Waals surface area (Å²) in [5.74, 6) is -0.201. The predicted octanol–water partition coefficient (Wildman–Crippen LogP) is 1.31. The molecule has 1 fully saturated rings. The van der Waals surface area contributed by atoms with E-state index in [0.717, 1.165) is 12.0 Å². The average Bonchev–Trinajstić information content (AvgIpc) is 2.59. The number of hydrogen-bond acceptors (Lipinski definition) is 2. The van der Waals surface area contributed by atoms with Crippen molar-refractivity contribution in [3.8, 4) is 0 Å². The fourth-order valence-electron chi connectivity index (χ4n) is 1.60.